The fraction of sp³-hybridized carbons (Fsp3) is 0.385. The summed E-state index contributed by atoms with van der Waals surface area (Å²) in [6.07, 6.45) is 0.406. The summed E-state index contributed by atoms with van der Waals surface area (Å²) in [5.41, 5.74) is 13.5. The van der Waals surface area contributed by atoms with E-state index < -0.39 is 30.6 Å². The SMILES string of the molecule is NCCSSCCc1ccccc1CNc1nc(C(F)(F)c2ccccc2)nc(N2CCC(F)(F)C2)c1N. The minimum atomic E-state index is -3.56. The molecule has 0 bridgehead atoms. The number of nitrogens with zero attached hydrogens (tertiary/aromatic N) is 3. The largest absolute Gasteiger partial charge is 0.393 e. The van der Waals surface area contributed by atoms with Crippen molar-refractivity contribution in [3.05, 3.63) is 77.1 Å². The van der Waals surface area contributed by atoms with Crippen LogP contribution < -0.4 is 21.7 Å². The van der Waals surface area contributed by atoms with Crippen LogP contribution in [0, 0.1) is 0 Å². The predicted octanol–water partition coefficient (Wildman–Crippen LogP) is 5.54. The maximum Gasteiger partial charge on any atom is 0.331 e. The minimum absolute atomic E-state index is 0.0153. The van der Waals surface area contributed by atoms with Crippen molar-refractivity contribution in [3.8, 4) is 0 Å². The highest BCUT2D eigenvalue weighted by atomic mass is 33.1. The lowest BCUT2D eigenvalue weighted by Gasteiger charge is -2.24. The monoisotopic (exact) mass is 566 g/mol. The number of nitrogen functional groups attached to an aromatic ring is 1. The van der Waals surface area contributed by atoms with E-state index in [0.717, 1.165) is 29.1 Å². The van der Waals surface area contributed by atoms with Gasteiger partial charge in [-0.1, -0.05) is 76.2 Å². The number of benzene rings is 2. The lowest BCUT2D eigenvalue weighted by Crippen LogP contribution is -2.29. The molecule has 0 unspecified atom stereocenters. The third-order valence-electron chi connectivity index (χ3n) is 6.12. The first-order valence-electron chi connectivity index (χ1n) is 12.2. The van der Waals surface area contributed by atoms with Gasteiger partial charge in [0.25, 0.3) is 5.92 Å². The van der Waals surface area contributed by atoms with Gasteiger partial charge >= 0.3 is 5.92 Å². The fourth-order valence-corrected chi connectivity index (χ4v) is 6.02. The summed E-state index contributed by atoms with van der Waals surface area (Å²) < 4.78 is 59.0. The van der Waals surface area contributed by atoms with E-state index in [1.165, 1.54) is 29.2 Å². The van der Waals surface area contributed by atoms with Crippen molar-refractivity contribution in [2.24, 2.45) is 5.73 Å². The van der Waals surface area contributed by atoms with Crippen molar-refractivity contribution in [3.63, 3.8) is 0 Å². The smallest absolute Gasteiger partial charge is 0.331 e. The number of nitrogens with one attached hydrogen (secondary N) is 1. The van der Waals surface area contributed by atoms with Crippen LogP contribution in [0.15, 0.2) is 54.6 Å². The van der Waals surface area contributed by atoms with Crippen LogP contribution in [0.1, 0.15) is 28.9 Å². The molecule has 0 amide bonds. The number of nitrogens with two attached hydrogens (primary N) is 2. The van der Waals surface area contributed by atoms with Gasteiger partial charge in [0.2, 0.25) is 5.82 Å². The molecule has 6 nitrogen and oxygen atoms in total. The first kappa shape index (κ1) is 28.3. The number of aromatic nitrogens is 2. The van der Waals surface area contributed by atoms with Crippen molar-refractivity contribution in [1.29, 1.82) is 0 Å². The molecular formula is C26H30F4N6S2. The molecule has 1 aromatic heterocycles. The summed E-state index contributed by atoms with van der Waals surface area (Å²) in [5.74, 6) is -5.68. The van der Waals surface area contributed by atoms with Gasteiger partial charge in [0.15, 0.2) is 11.6 Å². The third kappa shape index (κ3) is 6.83. The highest BCUT2D eigenvalue weighted by Gasteiger charge is 2.42. The third-order valence-corrected chi connectivity index (χ3v) is 8.56. The lowest BCUT2D eigenvalue weighted by atomic mass is 10.1. The summed E-state index contributed by atoms with van der Waals surface area (Å²) in [6.45, 7) is 0.199. The van der Waals surface area contributed by atoms with Gasteiger partial charge in [-0.2, -0.15) is 8.78 Å². The van der Waals surface area contributed by atoms with Crippen LogP contribution in [0.2, 0.25) is 0 Å². The molecule has 4 rings (SSSR count). The van der Waals surface area contributed by atoms with Gasteiger partial charge in [0.05, 0.1) is 6.54 Å². The van der Waals surface area contributed by atoms with Crippen molar-refractivity contribution in [2.75, 3.05) is 47.1 Å². The van der Waals surface area contributed by atoms with Gasteiger partial charge in [-0.3, -0.25) is 0 Å². The number of aryl methyl sites for hydroxylation is 1. The molecular weight excluding hydrogens is 536 g/mol. The Bertz CT molecular complexity index is 1220. The molecule has 12 heteroatoms. The van der Waals surface area contributed by atoms with Crippen LogP contribution in [0.5, 0.6) is 0 Å². The Labute approximate surface area is 227 Å². The highest BCUT2D eigenvalue weighted by molar-refractivity contribution is 8.76. The van der Waals surface area contributed by atoms with Crippen molar-refractivity contribution < 1.29 is 17.6 Å². The zero-order valence-electron chi connectivity index (χ0n) is 20.7. The molecule has 38 heavy (non-hydrogen) atoms. The second-order valence-electron chi connectivity index (χ2n) is 8.91. The second kappa shape index (κ2) is 12.4. The van der Waals surface area contributed by atoms with Crippen LogP contribution in [0.25, 0.3) is 0 Å². The summed E-state index contributed by atoms with van der Waals surface area (Å²) in [7, 11) is 3.46. The fourth-order valence-electron chi connectivity index (χ4n) is 4.14. The Hall–Kier alpha value is -2.70. The zero-order valence-corrected chi connectivity index (χ0v) is 22.3. The molecule has 0 radical (unpaired) electrons. The first-order valence-corrected chi connectivity index (χ1v) is 14.7. The van der Waals surface area contributed by atoms with Gasteiger partial charge in [0, 0.05) is 43.1 Å². The Balaban J connectivity index is 1.62. The molecule has 0 atom stereocenters. The lowest BCUT2D eigenvalue weighted by molar-refractivity contribution is 0.0256. The van der Waals surface area contributed by atoms with Gasteiger partial charge in [0.1, 0.15) is 5.69 Å². The van der Waals surface area contributed by atoms with E-state index in [2.05, 4.69) is 15.3 Å². The Morgan fingerprint density at radius 2 is 1.66 bits per heavy atom. The van der Waals surface area contributed by atoms with Crippen molar-refractivity contribution in [1.82, 2.24) is 9.97 Å². The Kier molecular flexibility index (Phi) is 9.27. The Morgan fingerprint density at radius 3 is 2.34 bits per heavy atom. The number of anilines is 3. The number of alkyl halides is 4. The van der Waals surface area contributed by atoms with E-state index in [4.69, 9.17) is 11.5 Å². The van der Waals surface area contributed by atoms with Crippen LogP contribution in [0.4, 0.5) is 34.9 Å². The summed E-state index contributed by atoms with van der Waals surface area (Å²) in [5, 5.41) is 3.08. The van der Waals surface area contributed by atoms with E-state index in [-0.39, 0.29) is 36.0 Å². The molecule has 0 spiro atoms. The van der Waals surface area contributed by atoms with Gasteiger partial charge in [-0.15, -0.1) is 0 Å². The summed E-state index contributed by atoms with van der Waals surface area (Å²) in [6, 6.07) is 15.0. The number of rotatable bonds is 12. The summed E-state index contributed by atoms with van der Waals surface area (Å²) in [4.78, 5) is 9.36. The Morgan fingerprint density at radius 1 is 0.974 bits per heavy atom. The van der Waals surface area contributed by atoms with Gasteiger partial charge < -0.3 is 21.7 Å². The molecule has 1 fully saturated rings. The molecule has 1 aliphatic rings. The van der Waals surface area contributed by atoms with Gasteiger partial charge in [-0.25, -0.2) is 18.7 Å². The molecule has 3 aromatic rings. The molecule has 204 valence electrons. The first-order chi connectivity index (χ1) is 18.2. The maximum atomic E-state index is 15.5. The van der Waals surface area contributed by atoms with E-state index in [9.17, 15) is 8.78 Å². The van der Waals surface area contributed by atoms with Crippen LogP contribution in [0.3, 0.4) is 0 Å². The van der Waals surface area contributed by atoms with Crippen molar-refractivity contribution in [2.45, 2.75) is 31.2 Å². The standard InChI is InChI=1S/C26H30F4N6S2/c27-25(28)11-13-36(17-25)23-21(32)22(34-24(35-23)26(29,30)20-8-2-1-3-9-20)33-16-19-7-5-4-6-18(19)10-14-37-38-15-12-31/h1-9H,10-17,31-32H2,(H,33,34,35). The quantitative estimate of drug-likeness (QED) is 0.150. The van der Waals surface area contributed by atoms with Gasteiger partial charge in [-0.05, 0) is 17.5 Å². The van der Waals surface area contributed by atoms with E-state index >= 15 is 8.78 Å². The van der Waals surface area contributed by atoms with E-state index in [0.29, 0.717) is 6.54 Å². The average molecular weight is 567 g/mol. The van der Waals surface area contributed by atoms with E-state index in [1.807, 2.05) is 24.3 Å². The van der Waals surface area contributed by atoms with Crippen LogP contribution in [-0.4, -0.2) is 47.0 Å². The van der Waals surface area contributed by atoms with Crippen LogP contribution >= 0.6 is 21.6 Å². The minimum Gasteiger partial charge on any atom is -0.393 e. The maximum absolute atomic E-state index is 15.5. The van der Waals surface area contributed by atoms with Crippen LogP contribution in [-0.2, 0) is 18.9 Å². The molecule has 0 aliphatic carbocycles. The molecule has 0 saturated carbocycles. The number of hydrogen-bond donors (Lipinski definition) is 3. The topological polar surface area (TPSA) is 93.1 Å². The van der Waals surface area contributed by atoms with Crippen molar-refractivity contribution >= 4 is 38.9 Å². The molecule has 1 aliphatic heterocycles. The highest BCUT2D eigenvalue weighted by Crippen LogP contribution is 2.40. The van der Waals surface area contributed by atoms with E-state index in [1.54, 1.807) is 27.7 Å². The summed E-state index contributed by atoms with van der Waals surface area (Å²) >= 11 is 0. The predicted molar refractivity (Wildman–Crippen MR) is 149 cm³/mol. The molecule has 2 aromatic carbocycles. The zero-order chi connectivity index (χ0) is 27.2. The molecule has 5 N–H and O–H groups in total. The average Bonchev–Trinajstić information content (AvgIpc) is 3.28. The molecule has 1 saturated heterocycles. The number of halogens is 4. The second-order valence-corrected chi connectivity index (χ2v) is 11.6. The molecule has 2 heterocycles. The normalized spacial score (nSPS) is 15.1. The number of hydrogen-bond acceptors (Lipinski definition) is 8.